The molecule has 0 atom stereocenters. The third kappa shape index (κ3) is 4.77. The summed E-state index contributed by atoms with van der Waals surface area (Å²) in [7, 11) is 0. The third-order valence-corrected chi connectivity index (χ3v) is 2.65. The first-order valence-electron chi connectivity index (χ1n) is 5.76. The molecule has 0 aliphatic heterocycles. The lowest BCUT2D eigenvalue weighted by Gasteiger charge is -2.03. The van der Waals surface area contributed by atoms with Crippen LogP contribution in [-0.2, 0) is 16.0 Å². The van der Waals surface area contributed by atoms with Crippen molar-refractivity contribution < 1.29 is 9.59 Å². The maximum absolute atomic E-state index is 8.12. The SMILES string of the molecule is Cc1ccc(Cc2ccc(C)cc2)cc1.O=C=O. The van der Waals surface area contributed by atoms with Crippen LogP contribution in [0.5, 0.6) is 0 Å². The van der Waals surface area contributed by atoms with Gasteiger partial charge >= 0.3 is 6.15 Å². The summed E-state index contributed by atoms with van der Waals surface area (Å²) in [5.74, 6) is 0. The molecule has 18 heavy (non-hydrogen) atoms. The van der Waals surface area contributed by atoms with Crippen molar-refractivity contribution in [3.63, 3.8) is 0 Å². The summed E-state index contributed by atoms with van der Waals surface area (Å²) >= 11 is 0. The fourth-order valence-electron chi connectivity index (χ4n) is 1.65. The molecule has 0 saturated carbocycles. The highest BCUT2D eigenvalue weighted by Gasteiger charge is 1.95. The molecule has 0 aliphatic rings. The molecule has 2 nitrogen and oxygen atoms in total. The minimum atomic E-state index is 0.250. The van der Waals surface area contributed by atoms with Gasteiger partial charge in [0.15, 0.2) is 0 Å². The number of rotatable bonds is 2. The van der Waals surface area contributed by atoms with E-state index in [9.17, 15) is 0 Å². The molecule has 2 aromatic rings. The van der Waals surface area contributed by atoms with E-state index in [0.29, 0.717) is 0 Å². The fourth-order valence-corrected chi connectivity index (χ4v) is 1.65. The van der Waals surface area contributed by atoms with Crippen LogP contribution < -0.4 is 0 Å². The van der Waals surface area contributed by atoms with Crippen molar-refractivity contribution in [1.29, 1.82) is 0 Å². The Labute approximate surface area is 107 Å². The summed E-state index contributed by atoms with van der Waals surface area (Å²) in [6.07, 6.45) is 1.28. The quantitative estimate of drug-likeness (QED) is 0.807. The van der Waals surface area contributed by atoms with Crippen LogP contribution in [0.3, 0.4) is 0 Å². The minimum Gasteiger partial charge on any atom is -0.186 e. The molecule has 92 valence electrons. The Morgan fingerprint density at radius 2 is 1.00 bits per heavy atom. The zero-order valence-corrected chi connectivity index (χ0v) is 10.6. The molecule has 2 heteroatoms. The van der Waals surface area contributed by atoms with Crippen LogP contribution >= 0.6 is 0 Å². The van der Waals surface area contributed by atoms with E-state index in [4.69, 9.17) is 9.59 Å². The highest BCUT2D eigenvalue weighted by atomic mass is 16.2. The zero-order chi connectivity index (χ0) is 13.4. The Kier molecular flexibility index (Phi) is 5.56. The first-order chi connectivity index (χ1) is 8.65. The van der Waals surface area contributed by atoms with Gasteiger partial charge in [0.05, 0.1) is 0 Å². The van der Waals surface area contributed by atoms with E-state index in [2.05, 4.69) is 62.4 Å². The lowest BCUT2D eigenvalue weighted by molar-refractivity contribution is -0.191. The van der Waals surface area contributed by atoms with Crippen LogP contribution in [0.25, 0.3) is 0 Å². The number of carbonyl (C=O) groups excluding carboxylic acids is 2. The van der Waals surface area contributed by atoms with E-state index in [1.165, 1.54) is 22.3 Å². The average Bonchev–Trinajstić information content (AvgIpc) is 2.36. The van der Waals surface area contributed by atoms with Gasteiger partial charge in [-0.05, 0) is 31.4 Å². The first kappa shape index (κ1) is 13.9. The Hall–Kier alpha value is -2.18. The second kappa shape index (κ2) is 7.21. The number of aryl methyl sites for hydroxylation is 2. The highest BCUT2D eigenvalue weighted by molar-refractivity contribution is 5.29. The fraction of sp³-hybridized carbons (Fsp3) is 0.188. The Morgan fingerprint density at radius 3 is 1.28 bits per heavy atom. The normalized spacial score (nSPS) is 9.00. The van der Waals surface area contributed by atoms with Crippen molar-refractivity contribution in [3.8, 4) is 0 Å². The standard InChI is InChI=1S/C15H16.CO2/c1-12-3-7-14(8-4-12)11-15-9-5-13(2)6-10-15;2-1-3/h3-10H,11H2,1-2H3;. The summed E-state index contributed by atoms with van der Waals surface area (Å²) in [6, 6.07) is 17.5. The molecule has 0 bridgehead atoms. The summed E-state index contributed by atoms with van der Waals surface area (Å²) in [5, 5.41) is 0. The second-order valence-corrected chi connectivity index (χ2v) is 4.23. The van der Waals surface area contributed by atoms with E-state index in [-0.39, 0.29) is 6.15 Å². The summed E-state index contributed by atoms with van der Waals surface area (Å²) < 4.78 is 0. The van der Waals surface area contributed by atoms with Gasteiger partial charge < -0.3 is 0 Å². The van der Waals surface area contributed by atoms with Crippen LogP contribution in [0.4, 0.5) is 0 Å². The van der Waals surface area contributed by atoms with Gasteiger partial charge in [-0.15, -0.1) is 0 Å². The predicted octanol–water partition coefficient (Wildman–Crippen LogP) is 3.31. The Bertz CT molecular complexity index is 460. The number of benzene rings is 2. The van der Waals surface area contributed by atoms with Gasteiger partial charge in [0, 0.05) is 0 Å². The van der Waals surface area contributed by atoms with Crippen molar-refractivity contribution in [2.24, 2.45) is 0 Å². The average molecular weight is 240 g/mol. The van der Waals surface area contributed by atoms with Crippen LogP contribution in [-0.4, -0.2) is 6.15 Å². The Morgan fingerprint density at radius 1 is 0.722 bits per heavy atom. The van der Waals surface area contributed by atoms with E-state index in [1.807, 2.05) is 0 Å². The van der Waals surface area contributed by atoms with Gasteiger partial charge in [-0.2, -0.15) is 9.59 Å². The van der Waals surface area contributed by atoms with E-state index in [1.54, 1.807) is 0 Å². The molecular formula is C16H16O2. The van der Waals surface area contributed by atoms with Crippen molar-refractivity contribution in [3.05, 3.63) is 70.8 Å². The molecule has 0 fully saturated rings. The van der Waals surface area contributed by atoms with Gasteiger partial charge in [0.2, 0.25) is 0 Å². The second-order valence-electron chi connectivity index (χ2n) is 4.23. The third-order valence-electron chi connectivity index (χ3n) is 2.65. The number of hydrogen-bond acceptors (Lipinski definition) is 2. The lowest BCUT2D eigenvalue weighted by Crippen LogP contribution is -1.88. The lowest BCUT2D eigenvalue weighted by atomic mass is 10.0. The van der Waals surface area contributed by atoms with Gasteiger partial charge in [0.1, 0.15) is 0 Å². The summed E-state index contributed by atoms with van der Waals surface area (Å²) in [4.78, 5) is 16.2. The molecule has 0 aliphatic carbocycles. The van der Waals surface area contributed by atoms with Gasteiger partial charge in [-0.25, -0.2) is 0 Å². The van der Waals surface area contributed by atoms with Crippen LogP contribution in [0.1, 0.15) is 22.3 Å². The molecule has 2 rings (SSSR count). The molecule has 0 saturated heterocycles. The van der Waals surface area contributed by atoms with Crippen LogP contribution in [0.15, 0.2) is 48.5 Å². The van der Waals surface area contributed by atoms with Gasteiger partial charge in [-0.1, -0.05) is 59.7 Å². The highest BCUT2D eigenvalue weighted by Crippen LogP contribution is 2.11. The molecule has 0 amide bonds. The number of hydrogen-bond donors (Lipinski definition) is 0. The molecule has 0 heterocycles. The van der Waals surface area contributed by atoms with Crippen molar-refractivity contribution >= 4 is 6.15 Å². The van der Waals surface area contributed by atoms with Gasteiger partial charge in [0.25, 0.3) is 0 Å². The van der Waals surface area contributed by atoms with Crippen LogP contribution in [0, 0.1) is 13.8 Å². The minimum absolute atomic E-state index is 0.250. The zero-order valence-electron chi connectivity index (χ0n) is 10.6. The molecular weight excluding hydrogens is 224 g/mol. The van der Waals surface area contributed by atoms with E-state index in [0.717, 1.165) is 6.42 Å². The smallest absolute Gasteiger partial charge is 0.186 e. The predicted molar refractivity (Wildman–Crippen MR) is 70.2 cm³/mol. The van der Waals surface area contributed by atoms with Crippen LogP contribution in [0.2, 0.25) is 0 Å². The maximum Gasteiger partial charge on any atom is 0.373 e. The molecule has 0 spiro atoms. The van der Waals surface area contributed by atoms with Crippen molar-refractivity contribution in [1.82, 2.24) is 0 Å². The topological polar surface area (TPSA) is 34.1 Å². The van der Waals surface area contributed by atoms with E-state index < -0.39 is 0 Å². The largest absolute Gasteiger partial charge is 0.373 e. The van der Waals surface area contributed by atoms with Crippen molar-refractivity contribution in [2.75, 3.05) is 0 Å². The molecule has 0 unspecified atom stereocenters. The first-order valence-corrected chi connectivity index (χ1v) is 5.76. The molecule has 0 N–H and O–H groups in total. The summed E-state index contributed by atoms with van der Waals surface area (Å²) in [5.41, 5.74) is 5.40. The monoisotopic (exact) mass is 240 g/mol. The molecule has 0 radical (unpaired) electrons. The summed E-state index contributed by atoms with van der Waals surface area (Å²) in [6.45, 7) is 4.24. The molecule has 2 aromatic carbocycles. The molecule has 0 aromatic heterocycles. The van der Waals surface area contributed by atoms with E-state index >= 15 is 0 Å². The maximum atomic E-state index is 8.12. The van der Waals surface area contributed by atoms with Crippen molar-refractivity contribution in [2.45, 2.75) is 20.3 Å². The Balaban J connectivity index is 0.000000492. The van der Waals surface area contributed by atoms with Gasteiger partial charge in [-0.3, -0.25) is 0 Å².